The van der Waals surface area contributed by atoms with Crippen molar-refractivity contribution in [1.29, 1.82) is 0 Å². The highest BCUT2D eigenvalue weighted by Gasteiger charge is 2.28. The number of nitrogens with zero attached hydrogens (tertiary/aromatic N) is 2. The van der Waals surface area contributed by atoms with Crippen molar-refractivity contribution in [3.63, 3.8) is 0 Å². The lowest BCUT2D eigenvalue weighted by Gasteiger charge is -2.34. The second-order valence-electron chi connectivity index (χ2n) is 8.70. The number of fused-ring (bicyclic) bond motifs is 1. The van der Waals surface area contributed by atoms with E-state index >= 15 is 0 Å². The van der Waals surface area contributed by atoms with Crippen LogP contribution in [0.5, 0.6) is 0 Å². The number of anilines is 1. The maximum Gasteiger partial charge on any atom is 0.221 e. The Morgan fingerprint density at radius 3 is 2.55 bits per heavy atom. The fraction of sp³-hybridized carbons (Fsp3) is 0.360. The number of halogens is 1. The molecule has 3 aromatic rings. The molecule has 0 saturated carbocycles. The van der Waals surface area contributed by atoms with Crippen LogP contribution in [0.1, 0.15) is 31.9 Å². The summed E-state index contributed by atoms with van der Waals surface area (Å²) >= 11 is 0. The Kier molecular flexibility index (Phi) is 6.65. The third-order valence-electron chi connectivity index (χ3n) is 6.21. The van der Waals surface area contributed by atoms with Crippen LogP contribution in [0.2, 0.25) is 0 Å². The Morgan fingerprint density at radius 2 is 1.82 bits per heavy atom. The first-order valence-electron chi connectivity index (χ1n) is 11.1. The number of aryl methyl sites for hydroxylation is 1. The molecule has 1 atom stereocenters. The highest BCUT2D eigenvalue weighted by molar-refractivity contribution is 7.92. The average molecular weight is 470 g/mol. The number of nitrogens with one attached hydrogen (secondary N) is 1. The zero-order valence-electron chi connectivity index (χ0n) is 18.8. The van der Waals surface area contributed by atoms with Gasteiger partial charge in [-0.2, -0.15) is 0 Å². The van der Waals surface area contributed by atoms with Crippen LogP contribution < -0.4 is 10.2 Å². The second kappa shape index (κ2) is 9.47. The van der Waals surface area contributed by atoms with Gasteiger partial charge in [-0.05, 0) is 73.9 Å². The lowest BCUT2D eigenvalue weighted by atomic mass is 10.0. The minimum Gasteiger partial charge on any atom is -0.371 e. The molecule has 6 nitrogen and oxygen atoms in total. The molecule has 1 amide bonds. The summed E-state index contributed by atoms with van der Waals surface area (Å²) in [5.74, 6) is -0.628. The molecule has 8 heteroatoms. The van der Waals surface area contributed by atoms with E-state index in [1.165, 1.54) is 24.3 Å². The van der Waals surface area contributed by atoms with E-state index in [9.17, 15) is 17.6 Å². The number of carbonyl (C=O) groups excluding carboxylic acids is 1. The van der Waals surface area contributed by atoms with Crippen molar-refractivity contribution in [3.05, 3.63) is 66.2 Å². The first-order valence-corrected chi connectivity index (χ1v) is 12.7. The van der Waals surface area contributed by atoms with Gasteiger partial charge in [0.1, 0.15) is 5.82 Å². The smallest absolute Gasteiger partial charge is 0.221 e. The predicted octanol–water partition coefficient (Wildman–Crippen LogP) is 4.02. The summed E-state index contributed by atoms with van der Waals surface area (Å²) in [7, 11) is -3.69. The maximum absolute atomic E-state index is 13.4. The van der Waals surface area contributed by atoms with Crippen LogP contribution in [0.3, 0.4) is 0 Å². The Bertz CT molecular complexity index is 1270. The van der Waals surface area contributed by atoms with Gasteiger partial charge in [-0.25, -0.2) is 12.8 Å². The van der Waals surface area contributed by atoms with Crippen LogP contribution in [0, 0.1) is 12.7 Å². The van der Waals surface area contributed by atoms with Crippen LogP contribution in [0.15, 0.2) is 59.6 Å². The first-order chi connectivity index (χ1) is 15.7. The minimum absolute atomic E-state index is 0.0298. The van der Waals surface area contributed by atoms with Gasteiger partial charge in [0.25, 0.3) is 0 Å². The van der Waals surface area contributed by atoms with E-state index in [0.717, 1.165) is 37.3 Å². The number of rotatable bonds is 6. The van der Waals surface area contributed by atoms with Crippen molar-refractivity contribution < 1.29 is 17.6 Å². The number of benzene rings is 2. The van der Waals surface area contributed by atoms with Crippen LogP contribution in [0.4, 0.5) is 10.1 Å². The molecule has 0 spiro atoms. The molecule has 0 bridgehead atoms. The molecule has 174 valence electrons. The van der Waals surface area contributed by atoms with Crippen molar-refractivity contribution in [2.24, 2.45) is 0 Å². The number of hydrogen-bond acceptors (Lipinski definition) is 5. The van der Waals surface area contributed by atoms with Gasteiger partial charge in [-0.15, -0.1) is 0 Å². The SMILES string of the molecule is Cc1cc(N2CCC(NC(=O)CC(C)S(=O)(=O)c3ccc4cc(F)ccc4c3)CC2)ccn1. The number of amides is 1. The molecule has 0 aliphatic carbocycles. The molecule has 1 unspecified atom stereocenters. The molecule has 2 aromatic carbocycles. The molecular weight excluding hydrogens is 441 g/mol. The van der Waals surface area contributed by atoms with Gasteiger partial charge >= 0.3 is 0 Å². The summed E-state index contributed by atoms with van der Waals surface area (Å²) in [6, 6.07) is 12.9. The Morgan fingerprint density at radius 1 is 1.12 bits per heavy atom. The normalized spacial score (nSPS) is 16.0. The predicted molar refractivity (Wildman–Crippen MR) is 128 cm³/mol. The molecule has 4 rings (SSSR count). The maximum atomic E-state index is 13.4. The molecule has 0 radical (unpaired) electrons. The fourth-order valence-electron chi connectivity index (χ4n) is 4.27. The molecule has 1 N–H and O–H groups in total. The van der Waals surface area contributed by atoms with E-state index in [-0.39, 0.29) is 29.1 Å². The Labute approximate surface area is 193 Å². The van der Waals surface area contributed by atoms with Gasteiger partial charge in [0.2, 0.25) is 5.91 Å². The van der Waals surface area contributed by atoms with Gasteiger partial charge in [-0.3, -0.25) is 9.78 Å². The summed E-state index contributed by atoms with van der Waals surface area (Å²) in [5, 5.41) is 3.42. The summed E-state index contributed by atoms with van der Waals surface area (Å²) in [6.07, 6.45) is 3.30. The highest BCUT2D eigenvalue weighted by Crippen LogP contribution is 2.25. The number of pyridine rings is 1. The van der Waals surface area contributed by atoms with Crippen LogP contribution in [-0.4, -0.2) is 43.7 Å². The number of carbonyl (C=O) groups is 1. The van der Waals surface area contributed by atoms with Crippen molar-refractivity contribution in [2.75, 3.05) is 18.0 Å². The number of aromatic nitrogens is 1. The Balaban J connectivity index is 1.34. The van der Waals surface area contributed by atoms with Crippen molar-refractivity contribution in [1.82, 2.24) is 10.3 Å². The van der Waals surface area contributed by atoms with Gasteiger partial charge in [0.15, 0.2) is 9.84 Å². The molecular formula is C25H28FN3O3S. The van der Waals surface area contributed by atoms with Gasteiger partial charge in [0, 0.05) is 43.1 Å². The highest BCUT2D eigenvalue weighted by atomic mass is 32.2. The largest absolute Gasteiger partial charge is 0.371 e. The third-order valence-corrected chi connectivity index (χ3v) is 8.35. The second-order valence-corrected chi connectivity index (χ2v) is 11.1. The minimum atomic E-state index is -3.69. The number of sulfone groups is 1. The van der Waals surface area contributed by atoms with E-state index < -0.39 is 15.1 Å². The quantitative estimate of drug-likeness (QED) is 0.590. The average Bonchev–Trinajstić information content (AvgIpc) is 2.79. The molecule has 2 heterocycles. The van der Waals surface area contributed by atoms with Gasteiger partial charge < -0.3 is 10.2 Å². The monoisotopic (exact) mass is 469 g/mol. The van der Waals surface area contributed by atoms with E-state index in [4.69, 9.17) is 0 Å². The first kappa shape index (κ1) is 23.2. The topological polar surface area (TPSA) is 79.4 Å². The van der Waals surface area contributed by atoms with E-state index in [2.05, 4.69) is 21.3 Å². The van der Waals surface area contributed by atoms with Crippen LogP contribution >= 0.6 is 0 Å². The lowest BCUT2D eigenvalue weighted by molar-refractivity contribution is -0.121. The number of piperidine rings is 1. The van der Waals surface area contributed by atoms with Gasteiger partial charge in [-0.1, -0.05) is 12.1 Å². The zero-order valence-corrected chi connectivity index (χ0v) is 19.6. The van der Waals surface area contributed by atoms with Crippen molar-refractivity contribution in [2.45, 2.75) is 49.3 Å². The summed E-state index contributed by atoms with van der Waals surface area (Å²) in [6.45, 7) is 5.15. The molecule has 33 heavy (non-hydrogen) atoms. The lowest BCUT2D eigenvalue weighted by Crippen LogP contribution is -2.45. The molecule has 1 saturated heterocycles. The molecule has 1 aliphatic heterocycles. The molecule has 1 aromatic heterocycles. The van der Waals surface area contributed by atoms with Crippen LogP contribution in [0.25, 0.3) is 10.8 Å². The van der Waals surface area contributed by atoms with E-state index in [1.807, 2.05) is 13.0 Å². The van der Waals surface area contributed by atoms with E-state index in [0.29, 0.717) is 10.8 Å². The fourth-order valence-corrected chi connectivity index (χ4v) is 5.66. The Hall–Kier alpha value is -3.00. The van der Waals surface area contributed by atoms with Crippen molar-refractivity contribution >= 4 is 32.2 Å². The molecule has 1 aliphatic rings. The van der Waals surface area contributed by atoms with Crippen molar-refractivity contribution in [3.8, 4) is 0 Å². The molecule has 1 fully saturated rings. The van der Waals surface area contributed by atoms with Gasteiger partial charge in [0.05, 0.1) is 10.1 Å². The summed E-state index contributed by atoms with van der Waals surface area (Å²) in [4.78, 5) is 19.3. The van der Waals surface area contributed by atoms with E-state index in [1.54, 1.807) is 25.3 Å². The van der Waals surface area contributed by atoms with Crippen LogP contribution in [-0.2, 0) is 14.6 Å². The third kappa shape index (κ3) is 5.33. The number of hydrogen-bond donors (Lipinski definition) is 1. The summed E-state index contributed by atoms with van der Waals surface area (Å²) < 4.78 is 39.5. The summed E-state index contributed by atoms with van der Waals surface area (Å²) in [5.41, 5.74) is 2.10. The zero-order chi connectivity index (χ0) is 23.6. The standard InChI is InChI=1S/C25H28FN3O3S/c1-17-13-23(7-10-27-17)29-11-8-22(9-12-29)28-25(30)14-18(2)33(31,32)24-6-4-19-15-21(26)5-3-20(19)16-24/h3-7,10,13,15-16,18,22H,8-9,11-12,14H2,1-2H3,(H,28,30).